The molecule has 0 N–H and O–H groups in total. The highest BCUT2D eigenvalue weighted by atomic mass is 19.1. The molecule has 2 nitrogen and oxygen atoms in total. The zero-order valence-electron chi connectivity index (χ0n) is 12.4. The molecule has 3 aromatic rings. The topological polar surface area (TPSA) is 18.5 Å². The van der Waals surface area contributed by atoms with E-state index < -0.39 is 0 Å². The first-order chi connectivity index (χ1) is 11.1. The van der Waals surface area contributed by atoms with Gasteiger partial charge in [-0.3, -0.25) is 0 Å². The molecule has 0 amide bonds. The second kappa shape index (κ2) is 6.48. The van der Waals surface area contributed by atoms with Gasteiger partial charge in [-0.1, -0.05) is 18.2 Å². The van der Waals surface area contributed by atoms with Gasteiger partial charge < -0.3 is 9.47 Å². The summed E-state index contributed by atoms with van der Waals surface area (Å²) in [5.41, 5.74) is 0.737. The molecule has 0 aliphatic heterocycles. The fourth-order valence-electron chi connectivity index (χ4n) is 2.13. The van der Waals surface area contributed by atoms with Crippen LogP contribution in [-0.2, 0) is 0 Å². The van der Waals surface area contributed by atoms with E-state index in [1.54, 1.807) is 42.5 Å². The molecule has 0 aromatic heterocycles. The molecule has 0 fully saturated rings. The molecule has 0 spiro atoms. The van der Waals surface area contributed by atoms with E-state index >= 15 is 0 Å². The standard InChI is InChI=1S/C19H14F2O2/c1-13-18(22-16-7-2-5-14(20)11-16)9-4-10-19(13)23-17-8-3-6-15(21)12-17/h2-12H,1H3. The fourth-order valence-corrected chi connectivity index (χ4v) is 2.13. The third-order valence-electron chi connectivity index (χ3n) is 3.28. The van der Waals surface area contributed by atoms with Crippen LogP contribution in [0.3, 0.4) is 0 Å². The molecular formula is C19H14F2O2. The third kappa shape index (κ3) is 3.66. The molecule has 0 unspecified atom stereocenters. The van der Waals surface area contributed by atoms with Crippen LogP contribution in [-0.4, -0.2) is 0 Å². The summed E-state index contributed by atoms with van der Waals surface area (Å²) in [6.45, 7) is 1.82. The molecule has 0 heterocycles. The van der Waals surface area contributed by atoms with Crippen molar-refractivity contribution in [2.75, 3.05) is 0 Å². The Bertz CT molecular complexity index is 765. The van der Waals surface area contributed by atoms with Crippen molar-refractivity contribution in [2.45, 2.75) is 6.92 Å². The van der Waals surface area contributed by atoms with Gasteiger partial charge >= 0.3 is 0 Å². The lowest BCUT2D eigenvalue weighted by Gasteiger charge is -2.13. The molecule has 0 saturated carbocycles. The van der Waals surface area contributed by atoms with Gasteiger partial charge in [-0.05, 0) is 43.3 Å². The zero-order chi connectivity index (χ0) is 16.2. The van der Waals surface area contributed by atoms with Gasteiger partial charge in [0.1, 0.15) is 34.6 Å². The van der Waals surface area contributed by atoms with E-state index in [0.717, 1.165) is 5.56 Å². The number of halogens is 2. The molecule has 3 aromatic carbocycles. The molecule has 23 heavy (non-hydrogen) atoms. The molecule has 0 aliphatic carbocycles. The van der Waals surface area contributed by atoms with Gasteiger partial charge in [-0.25, -0.2) is 8.78 Å². The van der Waals surface area contributed by atoms with E-state index in [0.29, 0.717) is 23.0 Å². The Morgan fingerprint density at radius 3 is 1.52 bits per heavy atom. The van der Waals surface area contributed by atoms with Crippen LogP contribution < -0.4 is 9.47 Å². The fraction of sp³-hybridized carbons (Fsp3) is 0.0526. The van der Waals surface area contributed by atoms with Gasteiger partial charge in [0.2, 0.25) is 0 Å². The van der Waals surface area contributed by atoms with Crippen molar-refractivity contribution in [2.24, 2.45) is 0 Å². The van der Waals surface area contributed by atoms with E-state index in [9.17, 15) is 8.78 Å². The van der Waals surface area contributed by atoms with E-state index in [2.05, 4.69) is 0 Å². The number of rotatable bonds is 4. The minimum Gasteiger partial charge on any atom is -0.457 e. The summed E-state index contributed by atoms with van der Waals surface area (Å²) in [5.74, 6) is 1.15. The predicted octanol–water partition coefficient (Wildman–Crippen LogP) is 5.86. The van der Waals surface area contributed by atoms with Crippen LogP contribution in [0, 0.1) is 18.6 Å². The first kappa shape index (κ1) is 15.0. The third-order valence-corrected chi connectivity index (χ3v) is 3.28. The van der Waals surface area contributed by atoms with Gasteiger partial charge in [-0.2, -0.15) is 0 Å². The molecule has 0 aliphatic rings. The summed E-state index contributed by atoms with van der Waals surface area (Å²) in [5, 5.41) is 0. The number of ether oxygens (including phenoxy) is 2. The Morgan fingerprint density at radius 2 is 1.09 bits per heavy atom. The maximum atomic E-state index is 13.2. The number of hydrogen-bond acceptors (Lipinski definition) is 2. The second-order valence-corrected chi connectivity index (χ2v) is 5.00. The van der Waals surface area contributed by atoms with Gasteiger partial charge in [0.25, 0.3) is 0 Å². The van der Waals surface area contributed by atoms with Crippen LogP contribution in [0.4, 0.5) is 8.78 Å². The van der Waals surface area contributed by atoms with Crippen molar-refractivity contribution in [3.8, 4) is 23.0 Å². The number of hydrogen-bond donors (Lipinski definition) is 0. The first-order valence-corrected chi connectivity index (χ1v) is 7.08. The van der Waals surface area contributed by atoms with E-state index in [4.69, 9.17) is 9.47 Å². The minimum atomic E-state index is -0.368. The lowest BCUT2D eigenvalue weighted by atomic mass is 10.2. The Balaban J connectivity index is 1.86. The Hall–Kier alpha value is -2.88. The van der Waals surface area contributed by atoms with Crippen LogP contribution in [0.25, 0.3) is 0 Å². The molecule has 3 rings (SSSR count). The maximum absolute atomic E-state index is 13.2. The molecular weight excluding hydrogens is 298 g/mol. The maximum Gasteiger partial charge on any atom is 0.134 e. The largest absolute Gasteiger partial charge is 0.457 e. The van der Waals surface area contributed by atoms with Gasteiger partial charge in [-0.15, -0.1) is 0 Å². The highest BCUT2D eigenvalue weighted by molar-refractivity contribution is 5.47. The van der Waals surface area contributed by atoms with Crippen molar-refractivity contribution < 1.29 is 18.3 Å². The summed E-state index contributed by atoms with van der Waals surface area (Å²) in [4.78, 5) is 0. The number of benzene rings is 3. The lowest BCUT2D eigenvalue weighted by molar-refractivity contribution is 0.449. The molecule has 0 radical (unpaired) electrons. The van der Waals surface area contributed by atoms with Crippen molar-refractivity contribution in [3.63, 3.8) is 0 Å². The van der Waals surface area contributed by atoms with Crippen molar-refractivity contribution in [1.29, 1.82) is 0 Å². The van der Waals surface area contributed by atoms with Gasteiger partial charge in [0.05, 0.1) is 0 Å². The summed E-state index contributed by atoms with van der Waals surface area (Å²) < 4.78 is 37.9. The molecule has 4 heteroatoms. The molecule has 0 saturated heterocycles. The lowest BCUT2D eigenvalue weighted by Crippen LogP contribution is -1.92. The smallest absolute Gasteiger partial charge is 0.134 e. The second-order valence-electron chi connectivity index (χ2n) is 5.00. The average molecular weight is 312 g/mol. The Labute approximate surface area is 132 Å². The van der Waals surface area contributed by atoms with Crippen molar-refractivity contribution >= 4 is 0 Å². The first-order valence-electron chi connectivity index (χ1n) is 7.08. The van der Waals surface area contributed by atoms with Crippen LogP contribution >= 0.6 is 0 Å². The van der Waals surface area contributed by atoms with E-state index in [-0.39, 0.29) is 11.6 Å². The Morgan fingerprint density at radius 1 is 0.652 bits per heavy atom. The molecule has 116 valence electrons. The summed E-state index contributed by atoms with van der Waals surface area (Å²) in [6, 6.07) is 17.1. The van der Waals surface area contributed by atoms with Gasteiger partial charge in [0, 0.05) is 17.7 Å². The van der Waals surface area contributed by atoms with Crippen LogP contribution in [0.5, 0.6) is 23.0 Å². The summed E-state index contributed by atoms with van der Waals surface area (Å²) in [7, 11) is 0. The summed E-state index contributed by atoms with van der Waals surface area (Å²) >= 11 is 0. The van der Waals surface area contributed by atoms with Crippen LogP contribution in [0.1, 0.15) is 5.56 Å². The van der Waals surface area contributed by atoms with Crippen molar-refractivity contribution in [3.05, 3.63) is 83.9 Å². The summed E-state index contributed by atoms with van der Waals surface area (Å²) in [6.07, 6.45) is 0. The van der Waals surface area contributed by atoms with Crippen LogP contribution in [0.2, 0.25) is 0 Å². The highest BCUT2D eigenvalue weighted by Crippen LogP contribution is 2.34. The molecule has 0 bridgehead atoms. The van der Waals surface area contributed by atoms with Crippen molar-refractivity contribution in [1.82, 2.24) is 0 Å². The zero-order valence-corrected chi connectivity index (χ0v) is 12.4. The minimum absolute atomic E-state index is 0.368. The van der Waals surface area contributed by atoms with Crippen LogP contribution in [0.15, 0.2) is 66.7 Å². The quantitative estimate of drug-likeness (QED) is 0.601. The van der Waals surface area contributed by atoms with Gasteiger partial charge in [0.15, 0.2) is 0 Å². The molecule has 0 atom stereocenters. The normalized spacial score (nSPS) is 10.4. The average Bonchev–Trinajstić information content (AvgIpc) is 2.51. The SMILES string of the molecule is Cc1c(Oc2cccc(F)c2)cccc1Oc1cccc(F)c1. The monoisotopic (exact) mass is 312 g/mol. The highest BCUT2D eigenvalue weighted by Gasteiger charge is 2.09. The van der Waals surface area contributed by atoms with E-state index in [1.807, 2.05) is 6.92 Å². The predicted molar refractivity (Wildman–Crippen MR) is 84.1 cm³/mol. The Kier molecular flexibility index (Phi) is 4.24. The van der Waals surface area contributed by atoms with E-state index in [1.165, 1.54) is 24.3 Å².